The number of hydrogen-bond acceptors (Lipinski definition) is 4. The Hall–Kier alpha value is -2.34. The van der Waals surface area contributed by atoms with E-state index in [1.165, 1.54) is 30.2 Å². The van der Waals surface area contributed by atoms with Crippen molar-refractivity contribution in [1.29, 1.82) is 0 Å². The SMILES string of the molecule is CN(C)C(c1ccccc1)C1CCC(CNC(=O)c2cccnc2Sc2ccc(Cl)cc2)CC1. The van der Waals surface area contributed by atoms with Crippen LogP contribution in [0.5, 0.6) is 0 Å². The van der Waals surface area contributed by atoms with Crippen LogP contribution in [0.3, 0.4) is 0 Å². The van der Waals surface area contributed by atoms with Gasteiger partial charge < -0.3 is 10.2 Å². The van der Waals surface area contributed by atoms with Gasteiger partial charge in [-0.05, 0) is 93.6 Å². The van der Waals surface area contributed by atoms with E-state index in [0.717, 1.165) is 17.7 Å². The molecule has 1 aliphatic rings. The van der Waals surface area contributed by atoms with Crippen LogP contribution in [0.1, 0.15) is 47.6 Å². The molecule has 1 saturated carbocycles. The monoisotopic (exact) mass is 493 g/mol. The average molecular weight is 494 g/mol. The highest BCUT2D eigenvalue weighted by Crippen LogP contribution is 2.39. The average Bonchev–Trinajstić information content (AvgIpc) is 2.86. The molecular formula is C28H32ClN3OS. The molecule has 4 rings (SSSR count). The van der Waals surface area contributed by atoms with E-state index >= 15 is 0 Å². The smallest absolute Gasteiger partial charge is 0.254 e. The minimum Gasteiger partial charge on any atom is -0.352 e. The molecule has 0 saturated heterocycles. The Balaban J connectivity index is 1.32. The first-order valence-electron chi connectivity index (χ1n) is 11.9. The first-order valence-corrected chi connectivity index (χ1v) is 13.1. The molecule has 1 amide bonds. The molecule has 1 aliphatic carbocycles. The summed E-state index contributed by atoms with van der Waals surface area (Å²) in [5.41, 5.74) is 2.01. The topological polar surface area (TPSA) is 45.2 Å². The highest BCUT2D eigenvalue weighted by molar-refractivity contribution is 7.99. The molecule has 1 unspecified atom stereocenters. The molecule has 1 atom stereocenters. The number of hydrogen-bond donors (Lipinski definition) is 1. The molecule has 0 radical (unpaired) electrons. The van der Waals surface area contributed by atoms with E-state index in [4.69, 9.17) is 11.6 Å². The molecule has 3 aromatic rings. The Bertz CT molecular complexity index is 1070. The van der Waals surface area contributed by atoms with Crippen LogP contribution in [-0.2, 0) is 0 Å². The number of nitrogens with zero attached hydrogens (tertiary/aromatic N) is 2. The van der Waals surface area contributed by atoms with Gasteiger partial charge in [0.05, 0.1) is 5.56 Å². The molecule has 178 valence electrons. The van der Waals surface area contributed by atoms with E-state index < -0.39 is 0 Å². The predicted octanol–water partition coefficient (Wildman–Crippen LogP) is 6.73. The standard InChI is InChI=1S/C28H32ClN3OS/c1-32(2)26(21-7-4-3-5-8-21)22-12-10-20(11-13-22)19-31-27(33)25-9-6-18-30-28(25)34-24-16-14-23(29)15-17-24/h3-9,14-18,20,22,26H,10-13,19H2,1-2H3,(H,31,33). The van der Waals surface area contributed by atoms with Crippen molar-refractivity contribution in [2.75, 3.05) is 20.6 Å². The van der Waals surface area contributed by atoms with Crippen LogP contribution in [0.25, 0.3) is 0 Å². The number of rotatable bonds is 8. The summed E-state index contributed by atoms with van der Waals surface area (Å²) in [5.74, 6) is 1.11. The number of carbonyl (C=O) groups is 1. The maximum absolute atomic E-state index is 13.0. The second kappa shape index (κ2) is 11.9. The van der Waals surface area contributed by atoms with Crippen molar-refractivity contribution >= 4 is 29.3 Å². The normalized spacial score (nSPS) is 19.1. The second-order valence-electron chi connectivity index (χ2n) is 9.22. The predicted molar refractivity (Wildman–Crippen MR) is 140 cm³/mol. The lowest BCUT2D eigenvalue weighted by Crippen LogP contribution is -2.34. The van der Waals surface area contributed by atoms with Crippen molar-refractivity contribution in [3.8, 4) is 0 Å². The van der Waals surface area contributed by atoms with Crippen LogP contribution < -0.4 is 5.32 Å². The van der Waals surface area contributed by atoms with Crippen molar-refractivity contribution in [1.82, 2.24) is 15.2 Å². The Morgan fingerprint density at radius 3 is 2.41 bits per heavy atom. The summed E-state index contributed by atoms with van der Waals surface area (Å²) < 4.78 is 0. The van der Waals surface area contributed by atoms with Crippen LogP contribution in [0.2, 0.25) is 5.02 Å². The zero-order valence-corrected chi connectivity index (χ0v) is 21.4. The highest BCUT2D eigenvalue weighted by Gasteiger charge is 2.30. The van der Waals surface area contributed by atoms with E-state index in [9.17, 15) is 4.79 Å². The fourth-order valence-corrected chi connectivity index (χ4v) is 5.95. The lowest BCUT2D eigenvalue weighted by atomic mass is 9.76. The molecular weight excluding hydrogens is 462 g/mol. The third kappa shape index (κ3) is 6.41. The fraction of sp³-hybridized carbons (Fsp3) is 0.357. The van der Waals surface area contributed by atoms with Gasteiger partial charge >= 0.3 is 0 Å². The number of carbonyl (C=O) groups excluding carboxylic acids is 1. The van der Waals surface area contributed by atoms with Gasteiger partial charge in [-0.3, -0.25) is 4.79 Å². The summed E-state index contributed by atoms with van der Waals surface area (Å²) >= 11 is 7.47. The number of aromatic nitrogens is 1. The molecule has 1 aromatic heterocycles. The quantitative estimate of drug-likeness (QED) is 0.378. The number of halogens is 1. The van der Waals surface area contributed by atoms with Gasteiger partial charge in [0.15, 0.2) is 0 Å². The zero-order chi connectivity index (χ0) is 23.9. The van der Waals surface area contributed by atoms with Crippen LogP contribution >= 0.6 is 23.4 Å². The lowest BCUT2D eigenvalue weighted by Gasteiger charge is -2.37. The zero-order valence-electron chi connectivity index (χ0n) is 19.8. The maximum atomic E-state index is 13.0. The maximum Gasteiger partial charge on any atom is 0.254 e. The van der Waals surface area contributed by atoms with Gasteiger partial charge in [0.25, 0.3) is 5.91 Å². The highest BCUT2D eigenvalue weighted by atomic mass is 35.5. The molecule has 34 heavy (non-hydrogen) atoms. The van der Waals surface area contributed by atoms with Crippen molar-refractivity contribution in [3.63, 3.8) is 0 Å². The Labute approximate surface area is 212 Å². The van der Waals surface area contributed by atoms with Gasteiger partial charge in [0.2, 0.25) is 0 Å². The number of benzene rings is 2. The van der Waals surface area contributed by atoms with E-state index in [1.54, 1.807) is 6.20 Å². The second-order valence-corrected chi connectivity index (χ2v) is 10.7. The molecule has 0 bridgehead atoms. The summed E-state index contributed by atoms with van der Waals surface area (Å²) in [6.07, 6.45) is 6.37. The van der Waals surface area contributed by atoms with Gasteiger partial charge in [-0.2, -0.15) is 0 Å². The molecule has 6 heteroatoms. The third-order valence-electron chi connectivity index (χ3n) is 6.63. The summed E-state index contributed by atoms with van der Waals surface area (Å²) in [5, 5.41) is 4.58. The summed E-state index contributed by atoms with van der Waals surface area (Å²) in [7, 11) is 4.36. The molecule has 1 heterocycles. The molecule has 0 spiro atoms. The molecule has 0 aliphatic heterocycles. The van der Waals surface area contributed by atoms with Gasteiger partial charge in [0.1, 0.15) is 5.03 Å². The molecule has 2 aromatic carbocycles. The van der Waals surface area contributed by atoms with Crippen molar-refractivity contribution in [2.45, 2.75) is 41.6 Å². The van der Waals surface area contributed by atoms with Crippen LogP contribution in [0, 0.1) is 11.8 Å². The lowest BCUT2D eigenvalue weighted by molar-refractivity contribution is 0.0930. The number of nitrogens with one attached hydrogen (secondary N) is 1. The molecule has 1 fully saturated rings. The van der Waals surface area contributed by atoms with E-state index in [1.807, 2.05) is 36.4 Å². The Morgan fingerprint density at radius 2 is 1.74 bits per heavy atom. The fourth-order valence-electron chi connectivity index (χ4n) is 4.94. The van der Waals surface area contributed by atoms with Crippen LogP contribution in [0.15, 0.2) is 82.8 Å². The minimum absolute atomic E-state index is 0.0536. The largest absolute Gasteiger partial charge is 0.352 e. The van der Waals surface area contributed by atoms with Gasteiger partial charge in [-0.1, -0.05) is 53.7 Å². The van der Waals surface area contributed by atoms with E-state index in [0.29, 0.717) is 40.0 Å². The first kappa shape index (κ1) is 24.8. The molecule has 4 nitrogen and oxygen atoms in total. The summed E-state index contributed by atoms with van der Waals surface area (Å²) in [4.78, 5) is 20.8. The first-order chi connectivity index (χ1) is 16.5. The van der Waals surface area contributed by atoms with Gasteiger partial charge in [0, 0.05) is 28.7 Å². The van der Waals surface area contributed by atoms with Crippen molar-refractivity contribution in [3.05, 3.63) is 89.1 Å². The Kier molecular flexibility index (Phi) is 8.65. The number of amides is 1. The number of pyridine rings is 1. The summed E-state index contributed by atoms with van der Waals surface area (Å²) in [6.45, 7) is 0.712. The molecule has 1 N–H and O–H groups in total. The van der Waals surface area contributed by atoms with Gasteiger partial charge in [-0.25, -0.2) is 4.98 Å². The minimum atomic E-state index is -0.0536. The van der Waals surface area contributed by atoms with Crippen molar-refractivity contribution < 1.29 is 4.79 Å². The summed E-state index contributed by atoms with van der Waals surface area (Å²) in [6, 6.07) is 22.5. The Morgan fingerprint density at radius 1 is 1.03 bits per heavy atom. The van der Waals surface area contributed by atoms with Crippen LogP contribution in [-0.4, -0.2) is 36.4 Å². The van der Waals surface area contributed by atoms with Crippen LogP contribution in [0.4, 0.5) is 0 Å². The van der Waals surface area contributed by atoms with Gasteiger partial charge in [-0.15, -0.1) is 0 Å². The van der Waals surface area contributed by atoms with E-state index in [-0.39, 0.29) is 5.91 Å². The third-order valence-corrected chi connectivity index (χ3v) is 7.91. The van der Waals surface area contributed by atoms with Crippen molar-refractivity contribution in [2.24, 2.45) is 11.8 Å². The van der Waals surface area contributed by atoms with E-state index in [2.05, 4.69) is 59.6 Å².